The number of benzene rings is 2. The third-order valence-corrected chi connectivity index (χ3v) is 5.41. The summed E-state index contributed by atoms with van der Waals surface area (Å²) in [6, 6.07) is 18.7. The second-order valence-electron chi connectivity index (χ2n) is 7.11. The Hall–Kier alpha value is -2.33. The van der Waals surface area contributed by atoms with E-state index >= 15 is 0 Å². The molecule has 25 heavy (non-hydrogen) atoms. The molecule has 4 nitrogen and oxygen atoms in total. The molecule has 2 aromatic rings. The quantitative estimate of drug-likeness (QED) is 0.844. The summed E-state index contributed by atoms with van der Waals surface area (Å²) in [4.78, 5) is 13.3. The molecule has 0 amide bonds. The van der Waals surface area contributed by atoms with Gasteiger partial charge in [0.05, 0.1) is 5.92 Å². The van der Waals surface area contributed by atoms with Gasteiger partial charge in [0.25, 0.3) is 0 Å². The standard InChI is InChI=1S/C21H23NO3/c23-21(24)20-18-13-22(14-19(18)20)10-11-25-17-8-6-16(7-9-17)12-15-4-2-1-3-5-15/h1-9,18-20H,10-14H2,(H,23,24). The van der Waals surface area contributed by atoms with Gasteiger partial charge < -0.3 is 9.84 Å². The molecular formula is C21H23NO3. The molecule has 1 aliphatic carbocycles. The number of nitrogens with zero attached hydrogens (tertiary/aromatic N) is 1. The van der Waals surface area contributed by atoms with Gasteiger partial charge in [0.2, 0.25) is 0 Å². The van der Waals surface area contributed by atoms with Crippen LogP contribution in [0.1, 0.15) is 11.1 Å². The highest BCUT2D eigenvalue weighted by molar-refractivity contribution is 5.74. The summed E-state index contributed by atoms with van der Waals surface area (Å²) >= 11 is 0. The van der Waals surface area contributed by atoms with E-state index in [1.807, 2.05) is 18.2 Å². The second-order valence-corrected chi connectivity index (χ2v) is 7.11. The van der Waals surface area contributed by atoms with Gasteiger partial charge >= 0.3 is 5.97 Å². The van der Waals surface area contributed by atoms with Crippen LogP contribution in [0.4, 0.5) is 0 Å². The predicted molar refractivity (Wildman–Crippen MR) is 95.7 cm³/mol. The first-order chi connectivity index (χ1) is 12.2. The van der Waals surface area contributed by atoms with Crippen LogP contribution < -0.4 is 4.74 Å². The highest BCUT2D eigenvalue weighted by atomic mass is 16.5. The van der Waals surface area contributed by atoms with Crippen molar-refractivity contribution in [2.45, 2.75) is 6.42 Å². The zero-order valence-electron chi connectivity index (χ0n) is 14.2. The van der Waals surface area contributed by atoms with Crippen molar-refractivity contribution < 1.29 is 14.6 Å². The highest BCUT2D eigenvalue weighted by Gasteiger charge is 2.59. The lowest BCUT2D eigenvalue weighted by Crippen LogP contribution is -2.30. The lowest BCUT2D eigenvalue weighted by molar-refractivity contribution is -0.139. The van der Waals surface area contributed by atoms with Gasteiger partial charge in [-0.05, 0) is 41.5 Å². The fraction of sp³-hybridized carbons (Fsp3) is 0.381. The zero-order valence-corrected chi connectivity index (χ0v) is 14.2. The van der Waals surface area contributed by atoms with E-state index in [-0.39, 0.29) is 5.92 Å². The van der Waals surface area contributed by atoms with E-state index in [2.05, 4.69) is 41.3 Å². The van der Waals surface area contributed by atoms with Gasteiger partial charge in [-0.25, -0.2) is 0 Å². The minimum atomic E-state index is -0.624. The molecule has 4 heteroatoms. The number of carbonyl (C=O) groups is 1. The van der Waals surface area contributed by atoms with Crippen molar-refractivity contribution in [1.29, 1.82) is 0 Å². The normalized spacial score (nSPS) is 24.7. The fourth-order valence-corrected chi connectivity index (χ4v) is 3.99. The molecule has 130 valence electrons. The smallest absolute Gasteiger partial charge is 0.307 e. The summed E-state index contributed by atoms with van der Waals surface area (Å²) in [5, 5.41) is 9.04. The molecule has 4 rings (SSSR count). The molecule has 2 atom stereocenters. The Labute approximate surface area is 148 Å². The Balaban J connectivity index is 1.20. The Morgan fingerprint density at radius 3 is 2.28 bits per heavy atom. The van der Waals surface area contributed by atoms with Gasteiger partial charge in [0, 0.05) is 19.6 Å². The fourth-order valence-electron chi connectivity index (χ4n) is 3.99. The van der Waals surface area contributed by atoms with E-state index in [1.54, 1.807) is 0 Å². The molecule has 0 radical (unpaired) electrons. The summed E-state index contributed by atoms with van der Waals surface area (Å²) in [6.07, 6.45) is 0.933. The first-order valence-corrected chi connectivity index (χ1v) is 8.91. The summed E-state index contributed by atoms with van der Waals surface area (Å²) < 4.78 is 5.84. The molecule has 1 saturated heterocycles. The molecule has 0 spiro atoms. The highest BCUT2D eigenvalue weighted by Crippen LogP contribution is 2.51. The van der Waals surface area contributed by atoms with Crippen LogP contribution in [0.3, 0.4) is 0 Å². The molecule has 2 unspecified atom stereocenters. The van der Waals surface area contributed by atoms with Crippen molar-refractivity contribution in [1.82, 2.24) is 4.90 Å². The number of piperidine rings is 1. The van der Waals surface area contributed by atoms with Gasteiger partial charge in [-0.2, -0.15) is 0 Å². The Bertz CT molecular complexity index is 717. The molecule has 1 aliphatic heterocycles. The Morgan fingerprint density at radius 1 is 1.00 bits per heavy atom. The van der Waals surface area contributed by atoms with Gasteiger partial charge in [-0.3, -0.25) is 9.69 Å². The summed E-state index contributed by atoms with van der Waals surface area (Å²) in [7, 11) is 0. The number of likely N-dealkylation sites (tertiary alicyclic amines) is 1. The van der Waals surface area contributed by atoms with Crippen LogP contribution in [0.25, 0.3) is 0 Å². The van der Waals surface area contributed by atoms with Gasteiger partial charge in [-0.15, -0.1) is 0 Å². The lowest BCUT2D eigenvalue weighted by atomic mass is 10.1. The largest absolute Gasteiger partial charge is 0.492 e. The van der Waals surface area contributed by atoms with E-state index in [1.165, 1.54) is 11.1 Å². The Morgan fingerprint density at radius 2 is 1.64 bits per heavy atom. The molecule has 2 aliphatic rings. The zero-order chi connectivity index (χ0) is 17.2. The number of hydrogen-bond donors (Lipinski definition) is 1. The average Bonchev–Trinajstić information content (AvgIpc) is 3.14. The van der Waals surface area contributed by atoms with E-state index in [4.69, 9.17) is 9.84 Å². The van der Waals surface area contributed by atoms with Gasteiger partial charge in [0.15, 0.2) is 0 Å². The maximum absolute atomic E-state index is 11.0. The number of carboxylic acid groups (broad SMARTS) is 1. The van der Waals surface area contributed by atoms with Crippen molar-refractivity contribution in [3.8, 4) is 5.75 Å². The molecule has 1 N–H and O–H groups in total. The van der Waals surface area contributed by atoms with Crippen LogP contribution >= 0.6 is 0 Å². The van der Waals surface area contributed by atoms with Crippen LogP contribution in [0.15, 0.2) is 54.6 Å². The molecular weight excluding hydrogens is 314 g/mol. The topological polar surface area (TPSA) is 49.8 Å². The predicted octanol–water partition coefficient (Wildman–Crippen LogP) is 2.92. The number of rotatable bonds is 7. The van der Waals surface area contributed by atoms with E-state index in [0.717, 1.165) is 31.8 Å². The minimum absolute atomic E-state index is 0.0886. The number of ether oxygens (including phenoxy) is 1. The van der Waals surface area contributed by atoms with E-state index in [9.17, 15) is 4.79 Å². The van der Waals surface area contributed by atoms with Crippen molar-refractivity contribution in [3.05, 3.63) is 65.7 Å². The van der Waals surface area contributed by atoms with Gasteiger partial charge in [0.1, 0.15) is 12.4 Å². The maximum Gasteiger partial charge on any atom is 0.307 e. The monoisotopic (exact) mass is 337 g/mol. The first kappa shape index (κ1) is 16.2. The molecule has 1 heterocycles. The maximum atomic E-state index is 11.0. The van der Waals surface area contributed by atoms with Crippen molar-refractivity contribution in [3.63, 3.8) is 0 Å². The van der Waals surface area contributed by atoms with Crippen LogP contribution in [0, 0.1) is 17.8 Å². The third kappa shape index (κ3) is 3.69. The molecule has 0 bridgehead atoms. The van der Waals surface area contributed by atoms with Gasteiger partial charge in [-0.1, -0.05) is 42.5 Å². The molecule has 2 fully saturated rings. The number of aliphatic carboxylic acids is 1. The summed E-state index contributed by atoms with van der Waals surface area (Å²) in [6.45, 7) is 3.32. The Kier molecular flexibility index (Phi) is 4.45. The van der Waals surface area contributed by atoms with E-state index < -0.39 is 5.97 Å². The van der Waals surface area contributed by atoms with Crippen LogP contribution in [0.5, 0.6) is 5.75 Å². The van der Waals surface area contributed by atoms with Crippen LogP contribution in [0.2, 0.25) is 0 Å². The molecule has 0 aromatic heterocycles. The number of hydrogen-bond acceptors (Lipinski definition) is 3. The van der Waals surface area contributed by atoms with Crippen molar-refractivity contribution in [2.24, 2.45) is 17.8 Å². The second kappa shape index (κ2) is 6.89. The SMILES string of the molecule is O=C(O)C1C2CN(CCOc3ccc(Cc4ccccc4)cc3)CC21. The summed E-state index contributed by atoms with van der Waals surface area (Å²) in [5.41, 5.74) is 2.58. The van der Waals surface area contributed by atoms with Crippen LogP contribution in [-0.2, 0) is 11.2 Å². The average molecular weight is 337 g/mol. The van der Waals surface area contributed by atoms with Crippen molar-refractivity contribution >= 4 is 5.97 Å². The molecule has 2 aromatic carbocycles. The molecule has 1 saturated carbocycles. The summed E-state index contributed by atoms with van der Waals surface area (Å²) in [5.74, 6) is 0.921. The van der Waals surface area contributed by atoms with Crippen LogP contribution in [-0.4, -0.2) is 42.2 Å². The lowest BCUT2D eigenvalue weighted by Gasteiger charge is -2.18. The minimum Gasteiger partial charge on any atom is -0.492 e. The third-order valence-electron chi connectivity index (χ3n) is 5.41. The van der Waals surface area contributed by atoms with Crippen molar-refractivity contribution in [2.75, 3.05) is 26.2 Å². The van der Waals surface area contributed by atoms with E-state index in [0.29, 0.717) is 18.4 Å². The number of fused-ring (bicyclic) bond motifs is 1. The number of carboxylic acids is 1. The first-order valence-electron chi connectivity index (χ1n) is 8.91.